The van der Waals surface area contributed by atoms with Crippen LogP contribution in [0.15, 0.2) is 0 Å². The molecule has 6 heteroatoms. The highest BCUT2D eigenvalue weighted by molar-refractivity contribution is 4.54. The summed E-state index contributed by atoms with van der Waals surface area (Å²) < 4.78 is 38.2. The molecule has 0 bridgehead atoms. The standard InChI is InChI=1S/C5H10F3NO2/c6-5(7,8)3-11-2-4(10)1-9/h4,10H,1-3,9H2. The van der Waals surface area contributed by atoms with Crippen LogP contribution in [0.25, 0.3) is 0 Å². The number of halogens is 3. The third-order valence-corrected chi connectivity index (χ3v) is 0.848. The van der Waals surface area contributed by atoms with Crippen molar-refractivity contribution < 1.29 is 23.0 Å². The van der Waals surface area contributed by atoms with Crippen LogP contribution in [-0.2, 0) is 4.74 Å². The van der Waals surface area contributed by atoms with Gasteiger partial charge in [0.15, 0.2) is 0 Å². The molecule has 0 saturated carbocycles. The fourth-order valence-corrected chi connectivity index (χ4v) is 0.379. The van der Waals surface area contributed by atoms with Gasteiger partial charge >= 0.3 is 6.18 Å². The summed E-state index contributed by atoms with van der Waals surface area (Å²) in [4.78, 5) is 0. The zero-order valence-electron chi connectivity index (χ0n) is 5.77. The van der Waals surface area contributed by atoms with Crippen molar-refractivity contribution in [2.45, 2.75) is 12.3 Å². The predicted molar refractivity (Wildman–Crippen MR) is 31.9 cm³/mol. The molecule has 0 spiro atoms. The SMILES string of the molecule is NCC(O)COCC(F)(F)F. The van der Waals surface area contributed by atoms with Crippen molar-refractivity contribution in [3.05, 3.63) is 0 Å². The van der Waals surface area contributed by atoms with Gasteiger partial charge in [0.05, 0.1) is 12.7 Å². The van der Waals surface area contributed by atoms with Gasteiger partial charge in [-0.15, -0.1) is 0 Å². The Bertz CT molecular complexity index is 106. The summed E-state index contributed by atoms with van der Waals surface area (Å²) in [7, 11) is 0. The van der Waals surface area contributed by atoms with E-state index >= 15 is 0 Å². The number of aliphatic hydroxyl groups excluding tert-OH is 1. The molecule has 68 valence electrons. The van der Waals surface area contributed by atoms with Crippen LogP contribution in [0.1, 0.15) is 0 Å². The Morgan fingerprint density at radius 1 is 1.45 bits per heavy atom. The van der Waals surface area contributed by atoms with Crippen molar-refractivity contribution in [2.24, 2.45) is 5.73 Å². The Kier molecular flexibility index (Phi) is 4.39. The molecule has 1 atom stereocenters. The van der Waals surface area contributed by atoms with Crippen LogP contribution in [0.5, 0.6) is 0 Å². The predicted octanol–water partition coefficient (Wildman–Crippen LogP) is -0.115. The van der Waals surface area contributed by atoms with Gasteiger partial charge < -0.3 is 15.6 Å². The highest BCUT2D eigenvalue weighted by atomic mass is 19.4. The molecule has 0 radical (unpaired) electrons. The lowest BCUT2D eigenvalue weighted by molar-refractivity contribution is -0.178. The van der Waals surface area contributed by atoms with E-state index in [-0.39, 0.29) is 13.2 Å². The van der Waals surface area contributed by atoms with E-state index in [1.807, 2.05) is 0 Å². The fraction of sp³-hybridized carbons (Fsp3) is 1.00. The fourth-order valence-electron chi connectivity index (χ4n) is 0.379. The van der Waals surface area contributed by atoms with Crippen LogP contribution in [-0.4, -0.2) is 37.1 Å². The third-order valence-electron chi connectivity index (χ3n) is 0.848. The molecule has 3 N–H and O–H groups in total. The van der Waals surface area contributed by atoms with E-state index in [9.17, 15) is 13.2 Å². The van der Waals surface area contributed by atoms with Gasteiger partial charge in [-0.1, -0.05) is 0 Å². The van der Waals surface area contributed by atoms with Gasteiger partial charge in [-0.25, -0.2) is 0 Å². The normalized spacial score (nSPS) is 15.0. The van der Waals surface area contributed by atoms with Gasteiger partial charge in [0, 0.05) is 6.54 Å². The summed E-state index contributed by atoms with van der Waals surface area (Å²) >= 11 is 0. The van der Waals surface area contributed by atoms with E-state index < -0.39 is 18.9 Å². The Morgan fingerprint density at radius 2 is 2.00 bits per heavy atom. The maximum atomic E-state index is 11.4. The lowest BCUT2D eigenvalue weighted by Crippen LogP contribution is -2.28. The van der Waals surface area contributed by atoms with E-state index in [2.05, 4.69) is 4.74 Å². The highest BCUT2D eigenvalue weighted by Gasteiger charge is 2.27. The van der Waals surface area contributed by atoms with Crippen LogP contribution >= 0.6 is 0 Å². The van der Waals surface area contributed by atoms with E-state index in [1.165, 1.54) is 0 Å². The molecule has 0 aliphatic rings. The van der Waals surface area contributed by atoms with Crippen molar-refractivity contribution in [1.82, 2.24) is 0 Å². The second-order valence-corrected chi connectivity index (χ2v) is 2.02. The number of aliphatic hydroxyl groups is 1. The quantitative estimate of drug-likeness (QED) is 0.623. The number of ether oxygens (including phenoxy) is 1. The first-order valence-electron chi connectivity index (χ1n) is 2.98. The second kappa shape index (κ2) is 4.53. The number of nitrogens with two attached hydrogens (primary N) is 1. The minimum absolute atomic E-state index is 0.0993. The van der Waals surface area contributed by atoms with Crippen molar-refractivity contribution in [3.8, 4) is 0 Å². The number of hydrogen-bond donors (Lipinski definition) is 2. The maximum Gasteiger partial charge on any atom is 0.411 e. The van der Waals surface area contributed by atoms with Gasteiger partial charge in [0.2, 0.25) is 0 Å². The first-order chi connectivity index (χ1) is 4.95. The monoisotopic (exact) mass is 173 g/mol. The van der Waals surface area contributed by atoms with Crippen LogP contribution in [0.3, 0.4) is 0 Å². The minimum Gasteiger partial charge on any atom is -0.389 e. The molecule has 0 rings (SSSR count). The zero-order valence-corrected chi connectivity index (χ0v) is 5.77. The summed E-state index contributed by atoms with van der Waals surface area (Å²) in [5.41, 5.74) is 4.91. The first kappa shape index (κ1) is 10.7. The Hall–Kier alpha value is -0.330. The molecule has 0 aliphatic heterocycles. The van der Waals surface area contributed by atoms with Gasteiger partial charge in [-0.05, 0) is 0 Å². The molecule has 1 unspecified atom stereocenters. The molecule has 0 aromatic rings. The number of rotatable bonds is 4. The van der Waals surface area contributed by atoms with E-state index in [1.54, 1.807) is 0 Å². The molecular formula is C5H10F3NO2. The summed E-state index contributed by atoms with van der Waals surface area (Å²) in [6.45, 7) is -1.82. The first-order valence-corrected chi connectivity index (χ1v) is 2.98. The number of alkyl halides is 3. The van der Waals surface area contributed by atoms with Crippen molar-refractivity contribution in [2.75, 3.05) is 19.8 Å². The molecular weight excluding hydrogens is 163 g/mol. The van der Waals surface area contributed by atoms with Crippen LogP contribution in [0, 0.1) is 0 Å². The molecule has 0 saturated heterocycles. The average molecular weight is 173 g/mol. The smallest absolute Gasteiger partial charge is 0.389 e. The second-order valence-electron chi connectivity index (χ2n) is 2.02. The van der Waals surface area contributed by atoms with Gasteiger partial charge in [0.25, 0.3) is 0 Å². The number of hydrogen-bond acceptors (Lipinski definition) is 3. The molecule has 0 amide bonds. The molecule has 3 nitrogen and oxygen atoms in total. The van der Waals surface area contributed by atoms with Crippen LogP contribution in [0.4, 0.5) is 13.2 Å². The maximum absolute atomic E-state index is 11.4. The average Bonchev–Trinajstić information content (AvgIpc) is 1.85. The van der Waals surface area contributed by atoms with Crippen LogP contribution < -0.4 is 5.73 Å². The molecule has 11 heavy (non-hydrogen) atoms. The van der Waals surface area contributed by atoms with E-state index in [0.29, 0.717) is 0 Å². The Morgan fingerprint density at radius 3 is 2.36 bits per heavy atom. The summed E-state index contributed by atoms with van der Waals surface area (Å²) in [5.74, 6) is 0. The molecule has 0 heterocycles. The minimum atomic E-state index is -4.34. The lowest BCUT2D eigenvalue weighted by atomic mass is 10.4. The lowest BCUT2D eigenvalue weighted by Gasteiger charge is -2.10. The summed E-state index contributed by atoms with van der Waals surface area (Å²) in [5, 5.41) is 8.64. The van der Waals surface area contributed by atoms with Gasteiger partial charge in [-0.2, -0.15) is 13.2 Å². The zero-order chi connectivity index (χ0) is 8.91. The van der Waals surface area contributed by atoms with Gasteiger partial charge in [0.1, 0.15) is 6.61 Å². The van der Waals surface area contributed by atoms with Gasteiger partial charge in [-0.3, -0.25) is 0 Å². The topological polar surface area (TPSA) is 55.5 Å². The van der Waals surface area contributed by atoms with Crippen molar-refractivity contribution in [3.63, 3.8) is 0 Å². The van der Waals surface area contributed by atoms with Crippen molar-refractivity contribution >= 4 is 0 Å². The van der Waals surface area contributed by atoms with Crippen LogP contribution in [0.2, 0.25) is 0 Å². The Labute approximate surface area is 61.9 Å². The van der Waals surface area contributed by atoms with E-state index in [0.717, 1.165) is 0 Å². The summed E-state index contributed by atoms with van der Waals surface area (Å²) in [6.07, 6.45) is -5.36. The summed E-state index contributed by atoms with van der Waals surface area (Å²) in [6, 6.07) is 0. The third kappa shape index (κ3) is 7.57. The Balaban J connectivity index is 3.28. The highest BCUT2D eigenvalue weighted by Crippen LogP contribution is 2.14. The molecule has 0 aromatic heterocycles. The van der Waals surface area contributed by atoms with Crippen molar-refractivity contribution in [1.29, 1.82) is 0 Å². The van der Waals surface area contributed by atoms with E-state index in [4.69, 9.17) is 10.8 Å². The molecule has 0 aliphatic carbocycles. The molecule has 0 aromatic carbocycles. The largest absolute Gasteiger partial charge is 0.411 e. The molecule has 0 fully saturated rings.